The number of aromatic amines is 1. The molecule has 1 atom stereocenters. The van der Waals surface area contributed by atoms with Gasteiger partial charge in [0, 0.05) is 31.4 Å². The first kappa shape index (κ1) is 16.4. The molecule has 0 spiro atoms. The van der Waals surface area contributed by atoms with Crippen molar-refractivity contribution in [3.05, 3.63) is 69.0 Å². The number of H-pyrrole nitrogens is 1. The molecule has 26 heavy (non-hydrogen) atoms. The highest BCUT2D eigenvalue weighted by Crippen LogP contribution is 2.25. The molecule has 1 aromatic carbocycles. The van der Waals surface area contributed by atoms with E-state index >= 15 is 0 Å². The van der Waals surface area contributed by atoms with Gasteiger partial charge in [-0.25, -0.2) is 4.68 Å². The number of hydrogen-bond donors (Lipinski definition) is 1. The largest absolute Gasteiger partial charge is 0.348 e. The Morgan fingerprint density at radius 3 is 2.69 bits per heavy atom. The van der Waals surface area contributed by atoms with Crippen LogP contribution in [-0.4, -0.2) is 31.7 Å². The zero-order chi connectivity index (χ0) is 18.3. The summed E-state index contributed by atoms with van der Waals surface area (Å²) in [5.74, 6) is -0.0224. The molecule has 0 saturated heterocycles. The summed E-state index contributed by atoms with van der Waals surface area (Å²) < 4.78 is 3.39. The Bertz CT molecular complexity index is 1090. The van der Waals surface area contributed by atoms with E-state index in [4.69, 9.17) is 0 Å². The van der Waals surface area contributed by atoms with Gasteiger partial charge in [-0.05, 0) is 31.2 Å². The van der Waals surface area contributed by atoms with Crippen LogP contribution in [-0.2, 0) is 17.9 Å². The summed E-state index contributed by atoms with van der Waals surface area (Å²) >= 11 is 0. The van der Waals surface area contributed by atoms with Crippen molar-refractivity contribution in [3.63, 3.8) is 0 Å². The van der Waals surface area contributed by atoms with E-state index in [1.807, 2.05) is 30.2 Å². The van der Waals surface area contributed by atoms with Crippen LogP contribution in [0.15, 0.2) is 52.2 Å². The van der Waals surface area contributed by atoms with Gasteiger partial charge in [0.1, 0.15) is 0 Å². The standard InChI is InChI=1S/C19H20N4O3/c1-13-16-7-4-9-21(16)11-12-22(13)17(24)8-10-23-19(26)15-6-3-2-5-14(15)18(25)20-23/h2-7,9,13H,8,10-12H2,1H3,(H,20,25)/t13-/m1/s1. The van der Waals surface area contributed by atoms with Crippen LogP contribution in [0.3, 0.4) is 0 Å². The molecule has 7 nitrogen and oxygen atoms in total. The lowest BCUT2D eigenvalue weighted by Crippen LogP contribution is -2.41. The van der Waals surface area contributed by atoms with Crippen molar-refractivity contribution in [2.75, 3.05) is 6.54 Å². The Kier molecular flexibility index (Phi) is 3.99. The number of nitrogens with one attached hydrogen (secondary N) is 1. The number of benzene rings is 1. The van der Waals surface area contributed by atoms with Crippen LogP contribution in [0.1, 0.15) is 25.1 Å². The third-order valence-corrected chi connectivity index (χ3v) is 5.10. The molecule has 0 bridgehead atoms. The average molecular weight is 352 g/mol. The van der Waals surface area contributed by atoms with Crippen LogP contribution in [0.5, 0.6) is 0 Å². The average Bonchev–Trinajstić information content (AvgIpc) is 3.13. The van der Waals surface area contributed by atoms with E-state index in [2.05, 4.69) is 9.67 Å². The Morgan fingerprint density at radius 1 is 1.12 bits per heavy atom. The second-order valence-electron chi connectivity index (χ2n) is 6.58. The molecule has 2 aromatic heterocycles. The van der Waals surface area contributed by atoms with Gasteiger partial charge in [-0.15, -0.1) is 0 Å². The molecule has 4 rings (SSSR count). The van der Waals surface area contributed by atoms with Gasteiger partial charge in [-0.3, -0.25) is 19.5 Å². The summed E-state index contributed by atoms with van der Waals surface area (Å²) in [6.07, 6.45) is 2.19. The molecule has 1 aliphatic rings. The number of aryl methyl sites for hydroxylation is 1. The molecule has 0 unspecified atom stereocenters. The van der Waals surface area contributed by atoms with Gasteiger partial charge in [-0.2, -0.15) is 0 Å². The van der Waals surface area contributed by atoms with Crippen LogP contribution in [0, 0.1) is 0 Å². The first-order chi connectivity index (χ1) is 12.6. The lowest BCUT2D eigenvalue weighted by Gasteiger charge is -2.35. The second-order valence-corrected chi connectivity index (χ2v) is 6.58. The van der Waals surface area contributed by atoms with Crippen molar-refractivity contribution in [3.8, 4) is 0 Å². The molecule has 134 valence electrons. The Balaban J connectivity index is 1.54. The van der Waals surface area contributed by atoms with Gasteiger partial charge in [0.2, 0.25) is 5.91 Å². The van der Waals surface area contributed by atoms with Crippen LogP contribution < -0.4 is 11.1 Å². The summed E-state index contributed by atoms with van der Waals surface area (Å²) in [5, 5.41) is 3.31. The molecule has 1 amide bonds. The fourth-order valence-corrected chi connectivity index (χ4v) is 3.67. The molecule has 0 aliphatic carbocycles. The van der Waals surface area contributed by atoms with E-state index in [0.29, 0.717) is 17.3 Å². The highest BCUT2D eigenvalue weighted by Gasteiger charge is 2.27. The maximum absolute atomic E-state index is 12.7. The maximum atomic E-state index is 12.7. The van der Waals surface area contributed by atoms with Gasteiger partial charge in [0.15, 0.2) is 0 Å². The lowest BCUT2D eigenvalue weighted by molar-refractivity contribution is -0.134. The number of carbonyl (C=O) groups is 1. The third kappa shape index (κ3) is 2.65. The number of fused-ring (bicyclic) bond motifs is 2. The van der Waals surface area contributed by atoms with E-state index in [1.165, 1.54) is 4.68 Å². The Hall–Kier alpha value is -3.09. The van der Waals surface area contributed by atoms with Crippen molar-refractivity contribution >= 4 is 16.7 Å². The second kappa shape index (κ2) is 6.33. The number of amides is 1. The number of hydrogen-bond acceptors (Lipinski definition) is 3. The topological polar surface area (TPSA) is 80.1 Å². The van der Waals surface area contributed by atoms with Crippen molar-refractivity contribution < 1.29 is 4.79 Å². The molecule has 0 radical (unpaired) electrons. The van der Waals surface area contributed by atoms with Gasteiger partial charge in [0.25, 0.3) is 11.1 Å². The van der Waals surface area contributed by atoms with Gasteiger partial charge in [0.05, 0.1) is 23.4 Å². The van der Waals surface area contributed by atoms with E-state index in [-0.39, 0.29) is 36.0 Å². The van der Waals surface area contributed by atoms with Gasteiger partial charge >= 0.3 is 0 Å². The van der Waals surface area contributed by atoms with Gasteiger partial charge in [-0.1, -0.05) is 12.1 Å². The zero-order valence-corrected chi connectivity index (χ0v) is 14.5. The Labute approximate surface area is 149 Å². The molecule has 0 fully saturated rings. The quantitative estimate of drug-likeness (QED) is 0.775. The third-order valence-electron chi connectivity index (χ3n) is 5.10. The minimum Gasteiger partial charge on any atom is -0.348 e. The van der Waals surface area contributed by atoms with Crippen molar-refractivity contribution in [2.24, 2.45) is 0 Å². The monoisotopic (exact) mass is 352 g/mol. The zero-order valence-electron chi connectivity index (χ0n) is 14.5. The molecule has 0 saturated carbocycles. The highest BCUT2D eigenvalue weighted by molar-refractivity contribution is 5.80. The number of carbonyl (C=O) groups excluding carboxylic acids is 1. The minimum absolute atomic E-state index is 0.00127. The van der Waals surface area contributed by atoms with E-state index in [0.717, 1.165) is 12.2 Å². The Morgan fingerprint density at radius 2 is 1.88 bits per heavy atom. The predicted molar refractivity (Wildman–Crippen MR) is 98.0 cm³/mol. The summed E-state index contributed by atoms with van der Waals surface area (Å²) in [4.78, 5) is 39.2. The summed E-state index contributed by atoms with van der Waals surface area (Å²) in [7, 11) is 0. The van der Waals surface area contributed by atoms with E-state index in [9.17, 15) is 14.4 Å². The van der Waals surface area contributed by atoms with Gasteiger partial charge < -0.3 is 9.47 Å². The fraction of sp³-hybridized carbons (Fsp3) is 0.316. The predicted octanol–water partition coefficient (Wildman–Crippen LogP) is 1.48. The molecular formula is C19H20N4O3. The number of nitrogens with zero attached hydrogens (tertiary/aromatic N) is 3. The molecule has 1 aliphatic heterocycles. The van der Waals surface area contributed by atoms with Crippen LogP contribution in [0.4, 0.5) is 0 Å². The number of aromatic nitrogens is 3. The van der Waals surface area contributed by atoms with Crippen molar-refractivity contribution in [1.29, 1.82) is 0 Å². The molecule has 7 heteroatoms. The van der Waals surface area contributed by atoms with Crippen molar-refractivity contribution in [1.82, 2.24) is 19.2 Å². The molecule has 1 N–H and O–H groups in total. The normalized spacial score (nSPS) is 16.7. The minimum atomic E-state index is -0.322. The van der Waals surface area contributed by atoms with E-state index in [1.54, 1.807) is 24.3 Å². The molecule has 3 heterocycles. The SMILES string of the molecule is C[C@@H]1c2cccn2CCN1C(=O)CCn1[nH]c(=O)c2ccccc2c1=O. The van der Waals surface area contributed by atoms with Crippen LogP contribution >= 0.6 is 0 Å². The molecular weight excluding hydrogens is 332 g/mol. The van der Waals surface area contributed by atoms with Crippen LogP contribution in [0.25, 0.3) is 10.8 Å². The summed E-state index contributed by atoms with van der Waals surface area (Å²) in [6, 6.07) is 10.7. The molecule has 3 aromatic rings. The first-order valence-electron chi connectivity index (χ1n) is 8.72. The maximum Gasteiger partial charge on any atom is 0.273 e. The van der Waals surface area contributed by atoms with E-state index < -0.39 is 0 Å². The van der Waals surface area contributed by atoms with Crippen LogP contribution in [0.2, 0.25) is 0 Å². The first-order valence-corrected chi connectivity index (χ1v) is 8.72. The summed E-state index contributed by atoms with van der Waals surface area (Å²) in [6.45, 7) is 3.57. The smallest absolute Gasteiger partial charge is 0.273 e. The fourth-order valence-electron chi connectivity index (χ4n) is 3.67. The lowest BCUT2D eigenvalue weighted by atomic mass is 10.1. The highest BCUT2D eigenvalue weighted by atomic mass is 16.2. The summed E-state index contributed by atoms with van der Waals surface area (Å²) in [5.41, 5.74) is 0.506. The van der Waals surface area contributed by atoms with Crippen molar-refractivity contribution in [2.45, 2.75) is 32.5 Å². The number of rotatable bonds is 3.